The summed E-state index contributed by atoms with van der Waals surface area (Å²) in [6, 6.07) is 21.1. The molecule has 0 aliphatic heterocycles. The predicted molar refractivity (Wildman–Crippen MR) is 190 cm³/mol. The molecule has 272 valence electrons. The van der Waals surface area contributed by atoms with Crippen LogP contribution in [0.25, 0.3) is 11.1 Å². The molecule has 1 amide bonds. The maximum absolute atomic E-state index is 13.7. The topological polar surface area (TPSA) is 119 Å². The fourth-order valence-corrected chi connectivity index (χ4v) is 5.94. The summed E-state index contributed by atoms with van der Waals surface area (Å²) in [4.78, 5) is 66.7. The average molecular weight is 717 g/mol. The Morgan fingerprint density at radius 1 is 0.827 bits per heavy atom. The molecule has 0 heterocycles. The summed E-state index contributed by atoms with van der Waals surface area (Å²) in [5.41, 5.74) is 1.43. The molecular weight excluding hydrogens is 677 g/mol. The van der Waals surface area contributed by atoms with Gasteiger partial charge in [0.2, 0.25) is 0 Å². The number of carbonyl (C=O) groups is 5. The molecule has 0 unspecified atom stereocenters. The van der Waals surface area contributed by atoms with Crippen LogP contribution in [0.4, 0.5) is 24.5 Å². The van der Waals surface area contributed by atoms with E-state index >= 15 is 0 Å². The van der Waals surface area contributed by atoms with Crippen LogP contribution in [-0.4, -0.2) is 57.2 Å². The normalized spacial score (nSPS) is 11.2. The van der Waals surface area contributed by atoms with E-state index < -0.39 is 35.5 Å². The number of aryl methyl sites for hydroxylation is 1. The first-order chi connectivity index (χ1) is 24.8. The van der Waals surface area contributed by atoms with Crippen LogP contribution in [0.15, 0.2) is 84.9 Å². The van der Waals surface area contributed by atoms with E-state index in [1.165, 1.54) is 12.1 Å². The molecule has 1 N–H and O–H groups in total. The number of hydrogen-bond donors (Lipinski definition) is 1. The van der Waals surface area contributed by atoms with E-state index in [1.807, 2.05) is 0 Å². The number of esters is 2. The number of carbonyl (C=O) groups excluding carboxylic acids is 5. The summed E-state index contributed by atoms with van der Waals surface area (Å²) in [5.74, 6) is -3.90. The van der Waals surface area contributed by atoms with Crippen molar-refractivity contribution in [3.05, 3.63) is 118 Å². The van der Waals surface area contributed by atoms with Crippen LogP contribution in [0.5, 0.6) is 0 Å². The van der Waals surface area contributed by atoms with Gasteiger partial charge in [0.15, 0.2) is 12.2 Å². The minimum absolute atomic E-state index is 0.0228. The summed E-state index contributed by atoms with van der Waals surface area (Å²) in [6.45, 7) is 3.38. The van der Waals surface area contributed by atoms with Crippen molar-refractivity contribution in [1.29, 1.82) is 0 Å². The summed E-state index contributed by atoms with van der Waals surface area (Å²) in [5, 5.41) is 2.62. The van der Waals surface area contributed by atoms with Gasteiger partial charge in [0.25, 0.3) is 5.91 Å². The van der Waals surface area contributed by atoms with Crippen molar-refractivity contribution in [2.75, 3.05) is 37.5 Å². The highest BCUT2D eigenvalue weighted by Crippen LogP contribution is 2.35. The van der Waals surface area contributed by atoms with Gasteiger partial charge in [0, 0.05) is 32.5 Å². The molecule has 4 aromatic rings. The molecule has 9 nitrogen and oxygen atoms in total. The standard InChI is InChI=1S/C40H39F3N2O7/c1-5-51-38(49)35(39(50)52-6-2)31-15-11-10-14-26(31)16-19-29(47)22-27-17-21-34(33(24-46)36(27)45(3)4)44-37(48)32-23-28(40(41,42)43)18-20-30(32)25-12-8-7-9-13-25/h7-15,17-18,20-21,23-24,35H,5-6,16,19,22H2,1-4H3,(H,44,48). The molecule has 0 aliphatic carbocycles. The SMILES string of the molecule is CCOC(=O)C(C(=O)OCC)c1ccccc1CCC(=O)Cc1ccc(NC(=O)c2cc(C(F)(F)F)ccc2-c2ccccc2)c(C=O)c1N(C)C. The molecule has 0 atom stereocenters. The second kappa shape index (κ2) is 17.4. The lowest BCUT2D eigenvalue weighted by molar-refractivity contribution is -0.157. The number of benzene rings is 4. The van der Waals surface area contributed by atoms with E-state index in [4.69, 9.17) is 9.47 Å². The van der Waals surface area contributed by atoms with Crippen molar-refractivity contribution in [3.8, 4) is 11.1 Å². The molecule has 4 aromatic carbocycles. The number of anilines is 2. The Labute approximate surface area is 299 Å². The average Bonchev–Trinajstić information content (AvgIpc) is 3.11. The van der Waals surface area contributed by atoms with Gasteiger partial charge in [-0.2, -0.15) is 13.2 Å². The summed E-state index contributed by atoms with van der Waals surface area (Å²) >= 11 is 0. The minimum Gasteiger partial charge on any atom is -0.465 e. The van der Waals surface area contributed by atoms with Gasteiger partial charge in [-0.25, -0.2) is 0 Å². The molecule has 0 bridgehead atoms. The highest BCUT2D eigenvalue weighted by Gasteiger charge is 2.34. The molecule has 0 aromatic heterocycles. The zero-order valence-corrected chi connectivity index (χ0v) is 29.2. The number of nitrogens with one attached hydrogen (secondary N) is 1. The molecular formula is C40H39F3N2O7. The number of halogens is 3. The molecule has 0 fully saturated rings. The van der Waals surface area contributed by atoms with Gasteiger partial charge in [-0.15, -0.1) is 0 Å². The number of rotatable bonds is 15. The number of ketones is 1. The van der Waals surface area contributed by atoms with E-state index in [0.717, 1.165) is 12.1 Å². The van der Waals surface area contributed by atoms with E-state index in [9.17, 15) is 37.1 Å². The quantitative estimate of drug-likeness (QED) is 0.0766. The molecule has 0 saturated heterocycles. The van der Waals surface area contributed by atoms with Gasteiger partial charge in [-0.3, -0.25) is 24.0 Å². The third kappa shape index (κ3) is 9.30. The zero-order chi connectivity index (χ0) is 38.0. The Kier molecular flexibility index (Phi) is 13.1. The van der Waals surface area contributed by atoms with Gasteiger partial charge >= 0.3 is 18.1 Å². The van der Waals surface area contributed by atoms with Crippen molar-refractivity contribution < 1.29 is 46.6 Å². The van der Waals surface area contributed by atoms with E-state index in [-0.39, 0.29) is 60.6 Å². The molecule has 12 heteroatoms. The number of ether oxygens (including phenoxy) is 2. The van der Waals surface area contributed by atoms with Crippen molar-refractivity contribution in [2.24, 2.45) is 0 Å². The fourth-order valence-electron chi connectivity index (χ4n) is 5.94. The number of hydrogen-bond acceptors (Lipinski definition) is 8. The molecule has 0 saturated carbocycles. The van der Waals surface area contributed by atoms with Crippen LogP contribution in [0, 0.1) is 0 Å². The van der Waals surface area contributed by atoms with Crippen molar-refractivity contribution in [3.63, 3.8) is 0 Å². The first-order valence-electron chi connectivity index (χ1n) is 16.6. The monoisotopic (exact) mass is 716 g/mol. The van der Waals surface area contributed by atoms with Gasteiger partial charge in [0.05, 0.1) is 35.7 Å². The molecule has 0 aliphatic rings. The third-order valence-corrected chi connectivity index (χ3v) is 8.26. The summed E-state index contributed by atoms with van der Waals surface area (Å²) < 4.78 is 51.3. The van der Waals surface area contributed by atoms with Crippen LogP contribution in [0.2, 0.25) is 0 Å². The molecule has 0 radical (unpaired) electrons. The lowest BCUT2D eigenvalue weighted by Crippen LogP contribution is -2.27. The lowest BCUT2D eigenvalue weighted by Gasteiger charge is -2.22. The maximum Gasteiger partial charge on any atom is 0.416 e. The smallest absolute Gasteiger partial charge is 0.416 e. The van der Waals surface area contributed by atoms with Gasteiger partial charge < -0.3 is 19.7 Å². The Morgan fingerprint density at radius 2 is 1.46 bits per heavy atom. The second-order valence-corrected chi connectivity index (χ2v) is 12.0. The predicted octanol–water partition coefficient (Wildman–Crippen LogP) is 7.46. The van der Waals surface area contributed by atoms with Crippen LogP contribution in [0.1, 0.15) is 69.2 Å². The van der Waals surface area contributed by atoms with Crippen LogP contribution in [0.3, 0.4) is 0 Å². The van der Waals surface area contributed by atoms with Crippen molar-refractivity contribution in [2.45, 2.75) is 45.2 Å². The largest absolute Gasteiger partial charge is 0.465 e. The van der Waals surface area contributed by atoms with E-state index in [0.29, 0.717) is 34.2 Å². The summed E-state index contributed by atoms with van der Waals surface area (Å²) in [7, 11) is 3.31. The Bertz CT molecular complexity index is 1920. The fraction of sp³-hybridized carbons (Fsp3) is 0.275. The first kappa shape index (κ1) is 39.0. The number of alkyl halides is 3. The third-order valence-electron chi connectivity index (χ3n) is 8.26. The zero-order valence-electron chi connectivity index (χ0n) is 29.2. The van der Waals surface area contributed by atoms with E-state index in [2.05, 4.69) is 5.32 Å². The highest BCUT2D eigenvalue weighted by atomic mass is 19.4. The summed E-state index contributed by atoms with van der Waals surface area (Å²) in [6.07, 6.45) is -4.07. The van der Waals surface area contributed by atoms with Crippen LogP contribution < -0.4 is 10.2 Å². The number of nitrogens with zero attached hydrogens (tertiary/aromatic N) is 1. The van der Waals surface area contributed by atoms with E-state index in [1.54, 1.807) is 93.5 Å². The number of aldehydes is 1. The molecule has 52 heavy (non-hydrogen) atoms. The van der Waals surface area contributed by atoms with Crippen molar-refractivity contribution in [1.82, 2.24) is 0 Å². The van der Waals surface area contributed by atoms with Gasteiger partial charge in [-0.05, 0) is 66.3 Å². The van der Waals surface area contributed by atoms with Crippen molar-refractivity contribution >= 4 is 41.3 Å². The van der Waals surface area contributed by atoms with Gasteiger partial charge in [0.1, 0.15) is 5.78 Å². The van der Waals surface area contributed by atoms with Crippen LogP contribution in [-0.2, 0) is 42.9 Å². The number of amides is 1. The first-order valence-corrected chi connectivity index (χ1v) is 16.6. The highest BCUT2D eigenvalue weighted by molar-refractivity contribution is 6.11. The molecule has 4 rings (SSSR count). The Morgan fingerprint density at radius 3 is 2.06 bits per heavy atom. The lowest BCUT2D eigenvalue weighted by atomic mass is 9.90. The van der Waals surface area contributed by atoms with Crippen LogP contribution >= 0.6 is 0 Å². The minimum atomic E-state index is -4.70. The van der Waals surface area contributed by atoms with Gasteiger partial charge in [-0.1, -0.05) is 66.7 Å². The Balaban J connectivity index is 1.61. The Hall–Kier alpha value is -5.78. The maximum atomic E-state index is 13.7. The number of Topliss-reactive ketones (excluding diaryl/α,β-unsaturated/α-hetero) is 1. The second-order valence-electron chi connectivity index (χ2n) is 12.0. The molecule has 0 spiro atoms.